The minimum atomic E-state index is -0.0830. The van der Waals surface area contributed by atoms with Gasteiger partial charge in [-0.05, 0) is 44.7 Å². The van der Waals surface area contributed by atoms with Crippen molar-refractivity contribution in [1.82, 2.24) is 10.2 Å². The summed E-state index contributed by atoms with van der Waals surface area (Å²) in [5.41, 5.74) is 4.15. The molecule has 0 saturated heterocycles. The predicted octanol–water partition coefficient (Wildman–Crippen LogP) is 3.93. The highest BCUT2D eigenvalue weighted by molar-refractivity contribution is 8.01. The molecule has 3 rings (SSSR count). The van der Waals surface area contributed by atoms with E-state index < -0.39 is 0 Å². The van der Waals surface area contributed by atoms with Gasteiger partial charge in [0.2, 0.25) is 16.9 Å². The molecule has 1 aliphatic rings. The molecule has 1 saturated carbocycles. The highest BCUT2D eigenvalue weighted by Crippen LogP contribution is 2.30. The van der Waals surface area contributed by atoms with Crippen LogP contribution in [0, 0.1) is 26.7 Å². The second-order valence-corrected chi connectivity index (χ2v) is 8.80. The van der Waals surface area contributed by atoms with Crippen LogP contribution in [0.3, 0.4) is 0 Å². The topological polar surface area (TPSA) is 84.0 Å². The molecule has 0 bridgehead atoms. The lowest BCUT2D eigenvalue weighted by Gasteiger charge is -2.23. The smallest absolute Gasteiger partial charge is 0.234 e. The first kappa shape index (κ1) is 18.8. The normalized spacial score (nSPS) is 14.0. The van der Waals surface area contributed by atoms with Gasteiger partial charge in [-0.1, -0.05) is 47.2 Å². The summed E-state index contributed by atoms with van der Waals surface area (Å²) < 4.78 is 0.668. The van der Waals surface area contributed by atoms with Crippen molar-refractivity contribution in [2.24, 2.45) is 5.92 Å². The van der Waals surface area contributed by atoms with Gasteiger partial charge >= 0.3 is 0 Å². The molecule has 1 heterocycles. The highest BCUT2D eigenvalue weighted by atomic mass is 32.2. The number of hydrogen-bond donors (Lipinski definition) is 2. The minimum Gasteiger partial charge on any atom is -0.325 e. The predicted molar refractivity (Wildman–Crippen MR) is 106 cm³/mol. The van der Waals surface area contributed by atoms with Crippen LogP contribution in [0.1, 0.15) is 36.0 Å². The monoisotopic (exact) mass is 390 g/mol. The Balaban J connectivity index is 1.51. The zero-order chi connectivity index (χ0) is 18.7. The van der Waals surface area contributed by atoms with Gasteiger partial charge < -0.3 is 10.6 Å². The lowest BCUT2D eigenvalue weighted by Crippen LogP contribution is -2.27. The molecule has 0 spiro atoms. The van der Waals surface area contributed by atoms with Crippen LogP contribution in [-0.2, 0) is 9.59 Å². The maximum absolute atomic E-state index is 12.3. The summed E-state index contributed by atoms with van der Waals surface area (Å²) in [5, 5.41) is 14.3. The molecule has 0 radical (unpaired) electrons. The van der Waals surface area contributed by atoms with Crippen molar-refractivity contribution in [1.29, 1.82) is 0 Å². The zero-order valence-corrected chi connectivity index (χ0v) is 16.7. The molecule has 8 heteroatoms. The van der Waals surface area contributed by atoms with Gasteiger partial charge in [0.15, 0.2) is 4.34 Å². The van der Waals surface area contributed by atoms with E-state index in [9.17, 15) is 9.59 Å². The third-order valence-electron chi connectivity index (χ3n) is 4.38. The van der Waals surface area contributed by atoms with Crippen molar-refractivity contribution in [3.05, 3.63) is 28.8 Å². The van der Waals surface area contributed by atoms with E-state index in [4.69, 9.17) is 0 Å². The summed E-state index contributed by atoms with van der Waals surface area (Å²) in [4.78, 5) is 24.2. The number of carbonyl (C=O) groups is 2. The third kappa shape index (κ3) is 4.62. The molecule has 0 unspecified atom stereocenters. The standard InChI is InChI=1S/C18H22N4O2S2/c1-10-7-11(2)15(12(3)8-10)19-14(23)9-25-18-22-21-17(26-18)20-16(24)13-5-4-6-13/h7-8,13H,4-6,9H2,1-3H3,(H,19,23)(H,20,21,24). The SMILES string of the molecule is Cc1cc(C)c(NC(=O)CSc2nnc(NC(=O)C3CCC3)s2)c(C)c1. The molecule has 2 aromatic rings. The average Bonchev–Trinajstić information content (AvgIpc) is 2.94. The van der Waals surface area contributed by atoms with Gasteiger partial charge in [0.05, 0.1) is 5.75 Å². The van der Waals surface area contributed by atoms with E-state index in [1.165, 1.54) is 28.7 Å². The molecule has 1 aliphatic carbocycles. The van der Waals surface area contributed by atoms with Crippen molar-refractivity contribution in [2.75, 3.05) is 16.4 Å². The van der Waals surface area contributed by atoms with Crippen molar-refractivity contribution in [3.8, 4) is 0 Å². The quantitative estimate of drug-likeness (QED) is 0.577. The number of amides is 2. The zero-order valence-electron chi connectivity index (χ0n) is 15.1. The lowest BCUT2D eigenvalue weighted by atomic mass is 9.85. The number of carbonyl (C=O) groups excluding carboxylic acids is 2. The van der Waals surface area contributed by atoms with Gasteiger partial charge in [-0.15, -0.1) is 10.2 Å². The van der Waals surface area contributed by atoms with Crippen molar-refractivity contribution in [3.63, 3.8) is 0 Å². The van der Waals surface area contributed by atoms with Crippen LogP contribution in [0.5, 0.6) is 0 Å². The van der Waals surface area contributed by atoms with Crippen LogP contribution in [-0.4, -0.2) is 27.8 Å². The Bertz CT molecular complexity index is 807. The van der Waals surface area contributed by atoms with E-state index >= 15 is 0 Å². The summed E-state index contributed by atoms with van der Waals surface area (Å²) in [6, 6.07) is 4.11. The minimum absolute atomic E-state index is 0.0204. The Morgan fingerprint density at radius 3 is 2.46 bits per heavy atom. The Hall–Kier alpha value is -1.93. The Morgan fingerprint density at radius 2 is 1.85 bits per heavy atom. The van der Waals surface area contributed by atoms with Gasteiger partial charge in [-0.2, -0.15) is 0 Å². The van der Waals surface area contributed by atoms with Crippen molar-refractivity contribution < 1.29 is 9.59 Å². The number of hydrogen-bond acceptors (Lipinski definition) is 6. The summed E-state index contributed by atoms with van der Waals surface area (Å²) in [6.45, 7) is 6.02. The van der Waals surface area contributed by atoms with Gasteiger partial charge in [0.25, 0.3) is 0 Å². The summed E-state index contributed by atoms with van der Waals surface area (Å²) in [6.07, 6.45) is 3.01. The second-order valence-electron chi connectivity index (χ2n) is 6.60. The summed E-state index contributed by atoms with van der Waals surface area (Å²) >= 11 is 2.62. The van der Waals surface area contributed by atoms with Crippen molar-refractivity contribution in [2.45, 2.75) is 44.4 Å². The third-order valence-corrected chi connectivity index (χ3v) is 6.35. The van der Waals surface area contributed by atoms with Gasteiger partial charge in [-0.25, -0.2) is 0 Å². The fourth-order valence-corrected chi connectivity index (χ4v) is 4.43. The number of aromatic nitrogens is 2. The van der Waals surface area contributed by atoms with Gasteiger partial charge in [0, 0.05) is 11.6 Å². The fraction of sp³-hybridized carbons (Fsp3) is 0.444. The first-order valence-electron chi connectivity index (χ1n) is 8.57. The van der Waals surface area contributed by atoms with Crippen LogP contribution in [0.4, 0.5) is 10.8 Å². The van der Waals surface area contributed by atoms with E-state index in [1.54, 1.807) is 0 Å². The molecule has 1 aromatic heterocycles. The number of anilines is 2. The number of rotatable bonds is 6. The maximum Gasteiger partial charge on any atom is 0.234 e. The van der Waals surface area contributed by atoms with Gasteiger partial charge in [0.1, 0.15) is 0 Å². The molecule has 2 amide bonds. The van der Waals surface area contributed by atoms with E-state index in [0.717, 1.165) is 36.1 Å². The molecule has 2 N–H and O–H groups in total. The maximum atomic E-state index is 12.3. The molecule has 138 valence electrons. The molecular weight excluding hydrogens is 368 g/mol. The number of benzene rings is 1. The first-order chi connectivity index (χ1) is 12.4. The van der Waals surface area contributed by atoms with E-state index in [-0.39, 0.29) is 23.5 Å². The van der Waals surface area contributed by atoms with Crippen LogP contribution in [0.2, 0.25) is 0 Å². The van der Waals surface area contributed by atoms with E-state index in [0.29, 0.717) is 9.47 Å². The molecule has 0 aliphatic heterocycles. The average molecular weight is 391 g/mol. The lowest BCUT2D eigenvalue weighted by molar-refractivity contribution is -0.122. The van der Waals surface area contributed by atoms with Crippen LogP contribution in [0.25, 0.3) is 0 Å². The highest BCUT2D eigenvalue weighted by Gasteiger charge is 2.26. The molecule has 26 heavy (non-hydrogen) atoms. The Labute approximate surface area is 161 Å². The Morgan fingerprint density at radius 1 is 1.15 bits per heavy atom. The summed E-state index contributed by atoms with van der Waals surface area (Å²) in [7, 11) is 0. The number of thioether (sulfide) groups is 1. The molecule has 6 nitrogen and oxygen atoms in total. The van der Waals surface area contributed by atoms with E-state index in [2.05, 4.69) is 33.0 Å². The van der Waals surface area contributed by atoms with Crippen LogP contribution in [0.15, 0.2) is 16.5 Å². The second kappa shape index (κ2) is 8.18. The summed E-state index contributed by atoms with van der Waals surface area (Å²) in [5.74, 6) is 0.298. The molecule has 1 fully saturated rings. The first-order valence-corrected chi connectivity index (χ1v) is 10.4. The number of nitrogens with one attached hydrogen (secondary N) is 2. The van der Waals surface area contributed by atoms with E-state index in [1.807, 2.05) is 20.8 Å². The Kier molecular flexibility index (Phi) is 5.93. The largest absolute Gasteiger partial charge is 0.325 e. The number of nitrogens with zero attached hydrogens (tertiary/aromatic N) is 2. The van der Waals surface area contributed by atoms with Crippen molar-refractivity contribution >= 4 is 45.7 Å². The van der Waals surface area contributed by atoms with Crippen LogP contribution >= 0.6 is 23.1 Å². The number of aryl methyl sites for hydroxylation is 3. The van der Waals surface area contributed by atoms with Crippen LogP contribution < -0.4 is 10.6 Å². The molecular formula is C18H22N4O2S2. The van der Waals surface area contributed by atoms with Gasteiger partial charge in [-0.3, -0.25) is 9.59 Å². The molecule has 1 aromatic carbocycles. The molecule has 0 atom stereocenters. The fourth-order valence-electron chi connectivity index (χ4n) is 2.88.